The third kappa shape index (κ3) is 8.06. The second-order valence-electron chi connectivity index (χ2n) is 7.34. The van der Waals surface area contributed by atoms with Gasteiger partial charge in [0.05, 0.1) is 5.02 Å². The Morgan fingerprint density at radius 2 is 1.77 bits per heavy atom. The van der Waals surface area contributed by atoms with Crippen LogP contribution < -0.4 is 4.74 Å². The molecule has 0 aliphatic carbocycles. The van der Waals surface area contributed by atoms with Crippen LogP contribution in [0.4, 0.5) is 0 Å². The zero-order valence-corrected chi connectivity index (χ0v) is 17.2. The van der Waals surface area contributed by atoms with Gasteiger partial charge in [-0.2, -0.15) is 0 Å². The quantitative estimate of drug-likeness (QED) is 0.645. The van der Waals surface area contributed by atoms with Gasteiger partial charge >= 0.3 is 5.97 Å². The van der Waals surface area contributed by atoms with E-state index in [2.05, 4.69) is 0 Å². The normalized spacial score (nSPS) is 12.6. The number of para-hydroxylation sites is 1. The SMILES string of the molecule is CC(Oc1ccccc1Cl)C(=O)N(CCN(C)C)CC(=O)OC(C)(C)C. The maximum Gasteiger partial charge on any atom is 0.326 e. The molecule has 6 nitrogen and oxygen atoms in total. The molecule has 1 atom stereocenters. The molecule has 0 saturated carbocycles. The van der Waals surface area contributed by atoms with Crippen molar-refractivity contribution in [2.45, 2.75) is 39.4 Å². The second-order valence-corrected chi connectivity index (χ2v) is 7.75. The molecule has 7 heteroatoms. The topological polar surface area (TPSA) is 59.1 Å². The van der Waals surface area contributed by atoms with Crippen LogP contribution in [0.5, 0.6) is 5.75 Å². The third-order valence-electron chi connectivity index (χ3n) is 3.36. The number of benzene rings is 1. The number of carbonyl (C=O) groups is 2. The van der Waals surface area contributed by atoms with Crippen molar-refractivity contribution in [3.05, 3.63) is 29.3 Å². The van der Waals surface area contributed by atoms with E-state index < -0.39 is 17.7 Å². The van der Waals surface area contributed by atoms with Crippen molar-refractivity contribution in [2.75, 3.05) is 33.7 Å². The summed E-state index contributed by atoms with van der Waals surface area (Å²) in [6.45, 7) is 7.90. The fourth-order valence-electron chi connectivity index (χ4n) is 2.16. The molecule has 0 aromatic heterocycles. The number of amides is 1. The molecule has 0 fully saturated rings. The second kappa shape index (κ2) is 9.78. The number of hydrogen-bond donors (Lipinski definition) is 0. The number of hydrogen-bond acceptors (Lipinski definition) is 5. The largest absolute Gasteiger partial charge is 0.479 e. The van der Waals surface area contributed by atoms with Crippen LogP contribution in [0.3, 0.4) is 0 Å². The highest BCUT2D eigenvalue weighted by molar-refractivity contribution is 6.32. The van der Waals surface area contributed by atoms with Gasteiger partial charge in [-0.3, -0.25) is 9.59 Å². The Morgan fingerprint density at radius 1 is 1.15 bits per heavy atom. The summed E-state index contributed by atoms with van der Waals surface area (Å²) in [5.74, 6) is -0.313. The summed E-state index contributed by atoms with van der Waals surface area (Å²) < 4.78 is 11.0. The number of likely N-dealkylation sites (N-methyl/N-ethyl adjacent to an activating group) is 1. The zero-order chi connectivity index (χ0) is 19.9. The van der Waals surface area contributed by atoms with Gasteiger partial charge < -0.3 is 19.3 Å². The van der Waals surface area contributed by atoms with Gasteiger partial charge in [0, 0.05) is 13.1 Å². The van der Waals surface area contributed by atoms with Crippen LogP contribution in [-0.2, 0) is 14.3 Å². The Morgan fingerprint density at radius 3 is 2.31 bits per heavy atom. The van der Waals surface area contributed by atoms with Crippen LogP contribution in [0.1, 0.15) is 27.7 Å². The first kappa shape index (κ1) is 22.3. The maximum atomic E-state index is 12.8. The predicted molar refractivity (Wildman–Crippen MR) is 103 cm³/mol. The molecule has 0 aliphatic heterocycles. The molecule has 1 amide bonds. The predicted octanol–water partition coefficient (Wildman–Crippen LogP) is 2.84. The van der Waals surface area contributed by atoms with E-state index >= 15 is 0 Å². The van der Waals surface area contributed by atoms with Gasteiger partial charge in [0.15, 0.2) is 6.10 Å². The van der Waals surface area contributed by atoms with Gasteiger partial charge in [-0.25, -0.2) is 0 Å². The molecule has 0 N–H and O–H groups in total. The Kier molecular flexibility index (Phi) is 8.37. The van der Waals surface area contributed by atoms with E-state index in [9.17, 15) is 9.59 Å². The number of halogens is 1. The first-order valence-electron chi connectivity index (χ1n) is 8.56. The molecule has 0 spiro atoms. The monoisotopic (exact) mass is 384 g/mol. The lowest BCUT2D eigenvalue weighted by atomic mass is 10.2. The highest BCUT2D eigenvalue weighted by Crippen LogP contribution is 2.24. The number of nitrogens with zero attached hydrogens (tertiary/aromatic N) is 2. The summed E-state index contributed by atoms with van der Waals surface area (Å²) in [4.78, 5) is 28.4. The minimum Gasteiger partial charge on any atom is -0.479 e. The first-order valence-corrected chi connectivity index (χ1v) is 8.94. The number of rotatable bonds is 8. The lowest BCUT2D eigenvalue weighted by Gasteiger charge is -2.28. The van der Waals surface area contributed by atoms with Crippen molar-refractivity contribution in [2.24, 2.45) is 0 Å². The molecule has 1 aromatic carbocycles. The van der Waals surface area contributed by atoms with Crippen LogP contribution >= 0.6 is 11.6 Å². The number of carbonyl (C=O) groups excluding carboxylic acids is 2. The van der Waals surface area contributed by atoms with Gasteiger partial charge in [0.1, 0.15) is 17.9 Å². The molecule has 146 valence electrons. The van der Waals surface area contributed by atoms with E-state index in [1.54, 1.807) is 52.0 Å². The van der Waals surface area contributed by atoms with Crippen molar-refractivity contribution >= 4 is 23.5 Å². The summed E-state index contributed by atoms with van der Waals surface area (Å²) in [7, 11) is 3.81. The zero-order valence-electron chi connectivity index (χ0n) is 16.4. The highest BCUT2D eigenvalue weighted by Gasteiger charge is 2.26. The minimum absolute atomic E-state index is 0.125. The van der Waals surface area contributed by atoms with Crippen LogP contribution in [0.15, 0.2) is 24.3 Å². The molecule has 0 radical (unpaired) electrons. The average molecular weight is 385 g/mol. The Labute approximate surface area is 161 Å². The van der Waals surface area contributed by atoms with Crippen LogP contribution in [0, 0.1) is 0 Å². The standard InChI is InChI=1S/C19H29ClN2O4/c1-14(25-16-10-8-7-9-15(16)20)18(24)22(12-11-21(5)6)13-17(23)26-19(2,3)4/h7-10,14H,11-13H2,1-6H3. The van der Waals surface area contributed by atoms with Crippen LogP contribution in [-0.4, -0.2) is 67.1 Å². The van der Waals surface area contributed by atoms with Gasteiger partial charge in [-0.1, -0.05) is 23.7 Å². The van der Waals surface area contributed by atoms with E-state index in [0.717, 1.165) is 0 Å². The Bertz CT molecular complexity index is 614. The lowest BCUT2D eigenvalue weighted by molar-refractivity contribution is -0.160. The van der Waals surface area contributed by atoms with Gasteiger partial charge in [-0.15, -0.1) is 0 Å². The van der Waals surface area contributed by atoms with Crippen molar-refractivity contribution in [3.63, 3.8) is 0 Å². The molecule has 26 heavy (non-hydrogen) atoms. The smallest absolute Gasteiger partial charge is 0.326 e. The Balaban J connectivity index is 2.81. The molecule has 0 bridgehead atoms. The van der Waals surface area contributed by atoms with Gasteiger partial charge in [-0.05, 0) is 53.9 Å². The molecule has 1 unspecified atom stereocenters. The average Bonchev–Trinajstić information content (AvgIpc) is 2.51. The minimum atomic E-state index is -0.778. The molecule has 1 aromatic rings. The third-order valence-corrected chi connectivity index (χ3v) is 3.67. The number of esters is 1. The van der Waals surface area contributed by atoms with Crippen molar-refractivity contribution in [1.82, 2.24) is 9.80 Å². The lowest BCUT2D eigenvalue weighted by Crippen LogP contribution is -2.46. The van der Waals surface area contributed by atoms with E-state index in [1.165, 1.54) is 4.90 Å². The highest BCUT2D eigenvalue weighted by atomic mass is 35.5. The fourth-order valence-corrected chi connectivity index (χ4v) is 2.34. The van der Waals surface area contributed by atoms with Crippen LogP contribution in [0.2, 0.25) is 5.02 Å². The van der Waals surface area contributed by atoms with E-state index in [0.29, 0.717) is 23.9 Å². The summed E-state index contributed by atoms with van der Waals surface area (Å²) in [6.07, 6.45) is -0.778. The van der Waals surface area contributed by atoms with E-state index in [4.69, 9.17) is 21.1 Å². The van der Waals surface area contributed by atoms with E-state index in [1.807, 2.05) is 19.0 Å². The molecule has 0 heterocycles. The van der Waals surface area contributed by atoms with Crippen LogP contribution in [0.25, 0.3) is 0 Å². The first-order chi connectivity index (χ1) is 12.0. The van der Waals surface area contributed by atoms with E-state index in [-0.39, 0.29) is 12.5 Å². The summed E-state index contributed by atoms with van der Waals surface area (Å²) in [5, 5.41) is 0.430. The van der Waals surface area contributed by atoms with Gasteiger partial charge in [0.25, 0.3) is 5.91 Å². The molecule has 0 saturated heterocycles. The van der Waals surface area contributed by atoms with Crippen molar-refractivity contribution in [3.8, 4) is 5.75 Å². The van der Waals surface area contributed by atoms with Gasteiger partial charge in [0.2, 0.25) is 0 Å². The summed E-state index contributed by atoms with van der Waals surface area (Å²) in [5.41, 5.74) is -0.604. The summed E-state index contributed by atoms with van der Waals surface area (Å²) >= 11 is 6.08. The Hall–Kier alpha value is -1.79. The molecule has 0 aliphatic rings. The van der Waals surface area contributed by atoms with Crippen molar-refractivity contribution < 1.29 is 19.1 Å². The molecular weight excluding hydrogens is 356 g/mol. The number of ether oxygens (including phenoxy) is 2. The molecule has 1 rings (SSSR count). The fraction of sp³-hybridized carbons (Fsp3) is 0.579. The molecular formula is C19H29ClN2O4. The summed E-state index contributed by atoms with van der Waals surface area (Å²) in [6, 6.07) is 6.96. The van der Waals surface area contributed by atoms with Crippen molar-refractivity contribution in [1.29, 1.82) is 0 Å². The maximum absolute atomic E-state index is 12.8.